The second kappa shape index (κ2) is 15.2. The number of pyridine rings is 1. The summed E-state index contributed by atoms with van der Waals surface area (Å²) < 4.78 is 67.3. The summed E-state index contributed by atoms with van der Waals surface area (Å²) in [6.45, 7) is -3.35. The van der Waals surface area contributed by atoms with Crippen molar-refractivity contribution in [1.29, 1.82) is 0 Å². The topological polar surface area (TPSA) is 95.0 Å². The summed E-state index contributed by atoms with van der Waals surface area (Å²) in [6.07, 6.45) is 5.61. The third-order valence-corrected chi connectivity index (χ3v) is 8.55. The van der Waals surface area contributed by atoms with Crippen molar-refractivity contribution in [2.45, 2.75) is 43.4 Å². The molecule has 0 bridgehead atoms. The van der Waals surface area contributed by atoms with Crippen LogP contribution in [0.2, 0.25) is 10.0 Å². The number of hydrogen-bond acceptors (Lipinski definition) is 8. The fourth-order valence-corrected chi connectivity index (χ4v) is 5.46. The molecule has 8 nitrogen and oxygen atoms in total. The van der Waals surface area contributed by atoms with Gasteiger partial charge >= 0.3 is 12.6 Å². The number of aromatic nitrogens is 1. The van der Waals surface area contributed by atoms with Crippen LogP contribution in [-0.4, -0.2) is 49.7 Å². The van der Waals surface area contributed by atoms with Gasteiger partial charge < -0.3 is 14.2 Å². The van der Waals surface area contributed by atoms with Gasteiger partial charge in [0, 0.05) is 30.3 Å². The zero-order chi connectivity index (χ0) is 30.2. The van der Waals surface area contributed by atoms with Crippen LogP contribution < -0.4 is 9.47 Å². The average molecular weight is 662 g/mol. The van der Waals surface area contributed by atoms with Gasteiger partial charge in [0.1, 0.15) is 12.6 Å². The van der Waals surface area contributed by atoms with Crippen molar-refractivity contribution in [3.8, 4) is 11.5 Å². The van der Waals surface area contributed by atoms with Gasteiger partial charge in [-0.3, -0.25) is 9.78 Å². The van der Waals surface area contributed by atoms with Gasteiger partial charge in [0.05, 0.1) is 16.7 Å². The van der Waals surface area contributed by atoms with Crippen molar-refractivity contribution >= 4 is 51.8 Å². The lowest BCUT2D eigenvalue weighted by Crippen LogP contribution is -2.30. The molecule has 1 fully saturated rings. The number of ether oxygens (including phenoxy) is 3. The van der Waals surface area contributed by atoms with E-state index >= 15 is 0 Å². The van der Waals surface area contributed by atoms with Crippen LogP contribution in [-0.2, 0) is 33.4 Å². The summed E-state index contributed by atoms with van der Waals surface area (Å²) in [5.74, 6) is -0.616. The summed E-state index contributed by atoms with van der Waals surface area (Å²) >= 11 is 14.2. The van der Waals surface area contributed by atoms with Gasteiger partial charge in [-0.15, -0.1) is 11.8 Å². The number of nitrogens with zero attached hydrogens (tertiary/aromatic N) is 2. The number of esters is 1. The van der Waals surface area contributed by atoms with Crippen molar-refractivity contribution in [2.24, 2.45) is 5.92 Å². The molecule has 226 valence electrons. The molecule has 1 atom stereocenters. The number of benzene rings is 2. The van der Waals surface area contributed by atoms with Gasteiger partial charge in [0.2, 0.25) is 10.9 Å². The number of thiol groups is 1. The molecular weight excluding hydrogens is 633 g/mol. The first kappa shape index (κ1) is 32.3. The van der Waals surface area contributed by atoms with Gasteiger partial charge in [-0.25, -0.2) is 8.42 Å². The molecule has 2 aromatic carbocycles. The van der Waals surface area contributed by atoms with Crippen LogP contribution >= 0.6 is 35.0 Å². The first-order valence-electron chi connectivity index (χ1n) is 12.8. The standard InChI is InChI=1S/C28H28Cl2F2N2O6S2/c1-41-20-7-4-17(5-8-20)14-34(42(36)37)15-27(35)39-25(11-21-22(29)12-33-13-23(21)30)19-6-9-24(40-28(31)32)26(10-19)38-16-18-2-3-18/h4-10,12-13,18,25,28,42H,2-3,11,14-16H2,1H3/t25-/m0/s1. The number of carbonyl (C=O) groups excluding carboxylic acids is 1. The predicted octanol–water partition coefficient (Wildman–Crippen LogP) is 6.36. The Morgan fingerprint density at radius 1 is 1.10 bits per heavy atom. The molecule has 14 heteroatoms. The number of halogens is 4. The molecule has 3 aromatic rings. The molecule has 1 aliphatic carbocycles. The van der Waals surface area contributed by atoms with Crippen LogP contribution in [0.15, 0.2) is 59.8 Å². The quantitative estimate of drug-likeness (QED) is 0.114. The molecule has 0 saturated heterocycles. The van der Waals surface area contributed by atoms with Crippen molar-refractivity contribution in [3.05, 3.63) is 81.6 Å². The van der Waals surface area contributed by atoms with Crippen molar-refractivity contribution in [1.82, 2.24) is 9.29 Å². The van der Waals surface area contributed by atoms with Crippen molar-refractivity contribution < 1.29 is 36.2 Å². The van der Waals surface area contributed by atoms with E-state index in [1.165, 1.54) is 30.6 Å². The van der Waals surface area contributed by atoms with Crippen LogP contribution in [0.5, 0.6) is 11.5 Å². The van der Waals surface area contributed by atoms with E-state index in [0.29, 0.717) is 29.2 Å². The highest BCUT2D eigenvalue weighted by atomic mass is 35.5. The molecule has 1 saturated carbocycles. The first-order valence-corrected chi connectivity index (χ1v) is 15.9. The van der Waals surface area contributed by atoms with Crippen molar-refractivity contribution in [3.63, 3.8) is 0 Å². The van der Waals surface area contributed by atoms with E-state index in [2.05, 4.69) is 9.72 Å². The molecule has 0 aliphatic heterocycles. The molecule has 1 heterocycles. The van der Waals surface area contributed by atoms with Gasteiger partial charge in [-0.05, 0) is 66.0 Å². The van der Waals surface area contributed by atoms with Crippen LogP contribution in [0.25, 0.3) is 0 Å². The Balaban J connectivity index is 1.59. The predicted molar refractivity (Wildman–Crippen MR) is 157 cm³/mol. The van der Waals surface area contributed by atoms with E-state index in [0.717, 1.165) is 22.0 Å². The smallest absolute Gasteiger partial charge is 0.387 e. The molecule has 0 amide bonds. The van der Waals surface area contributed by atoms with Crippen LogP contribution in [0.1, 0.15) is 35.6 Å². The van der Waals surface area contributed by atoms with E-state index in [9.17, 15) is 22.0 Å². The largest absolute Gasteiger partial charge is 0.489 e. The van der Waals surface area contributed by atoms with E-state index in [4.69, 9.17) is 32.7 Å². The Morgan fingerprint density at radius 2 is 1.79 bits per heavy atom. The second-order valence-corrected chi connectivity index (χ2v) is 12.2. The minimum atomic E-state index is -3.12. The summed E-state index contributed by atoms with van der Waals surface area (Å²) in [5.41, 5.74) is 1.50. The summed E-state index contributed by atoms with van der Waals surface area (Å²) in [5, 5.41) is 0.453. The minimum absolute atomic E-state index is 0.0112. The molecule has 1 aliphatic rings. The Morgan fingerprint density at radius 3 is 2.38 bits per heavy atom. The summed E-state index contributed by atoms with van der Waals surface area (Å²) in [4.78, 5) is 18.1. The third-order valence-electron chi connectivity index (χ3n) is 6.41. The SMILES string of the molecule is CSc1ccc(CN(CC(=O)O[C@@H](Cc2c(Cl)cncc2Cl)c2ccc(OC(F)F)c(OCC3CC3)c2)[SH](=O)=O)cc1. The molecule has 0 radical (unpaired) electrons. The van der Waals surface area contributed by atoms with Crippen LogP contribution in [0.3, 0.4) is 0 Å². The number of alkyl halides is 2. The van der Waals surface area contributed by atoms with Gasteiger partial charge in [0.25, 0.3) is 0 Å². The number of rotatable bonds is 15. The van der Waals surface area contributed by atoms with Crippen LogP contribution in [0.4, 0.5) is 8.78 Å². The molecule has 1 aromatic heterocycles. The second-order valence-electron chi connectivity index (χ2n) is 9.51. The molecule has 4 rings (SSSR count). The number of carbonyl (C=O) groups is 1. The third kappa shape index (κ3) is 9.43. The van der Waals surface area contributed by atoms with Gasteiger partial charge in [0.15, 0.2) is 11.5 Å². The Kier molecular flexibility index (Phi) is 11.7. The van der Waals surface area contributed by atoms with Crippen LogP contribution in [0, 0.1) is 5.92 Å². The summed E-state index contributed by atoms with van der Waals surface area (Å²) in [7, 11) is -3.12. The fraction of sp³-hybridized carbons (Fsp3) is 0.357. The Labute approximate surface area is 258 Å². The zero-order valence-electron chi connectivity index (χ0n) is 22.4. The van der Waals surface area contributed by atoms with Gasteiger partial charge in [-0.1, -0.05) is 41.4 Å². The Hall–Kier alpha value is -2.64. The molecular formula is C28H28Cl2F2N2O6S2. The number of thioether (sulfide) groups is 1. The number of hydrogen-bond donors (Lipinski definition) is 1. The lowest BCUT2D eigenvalue weighted by molar-refractivity contribution is -0.149. The molecule has 0 N–H and O–H groups in total. The average Bonchev–Trinajstić information content (AvgIpc) is 3.78. The van der Waals surface area contributed by atoms with E-state index in [1.54, 1.807) is 23.9 Å². The van der Waals surface area contributed by atoms with E-state index in [-0.39, 0.29) is 34.5 Å². The maximum atomic E-state index is 13.1. The molecule has 0 spiro atoms. The monoisotopic (exact) mass is 660 g/mol. The maximum absolute atomic E-state index is 13.1. The lowest BCUT2D eigenvalue weighted by atomic mass is 10.0. The van der Waals surface area contributed by atoms with E-state index in [1.807, 2.05) is 18.4 Å². The molecule has 0 unspecified atom stereocenters. The normalized spacial score (nSPS) is 13.9. The first-order chi connectivity index (χ1) is 20.1. The highest BCUT2D eigenvalue weighted by molar-refractivity contribution is 7.98. The van der Waals surface area contributed by atoms with Crippen molar-refractivity contribution in [2.75, 3.05) is 19.4 Å². The molecule has 42 heavy (non-hydrogen) atoms. The minimum Gasteiger partial charge on any atom is -0.489 e. The fourth-order valence-electron chi connectivity index (χ4n) is 4.03. The lowest BCUT2D eigenvalue weighted by Gasteiger charge is -2.23. The highest BCUT2D eigenvalue weighted by Crippen LogP contribution is 2.38. The Bertz CT molecular complexity index is 1430. The summed E-state index contributed by atoms with van der Waals surface area (Å²) in [6, 6.07) is 11.5. The maximum Gasteiger partial charge on any atom is 0.387 e. The highest BCUT2D eigenvalue weighted by Gasteiger charge is 2.26. The van der Waals surface area contributed by atoms with Gasteiger partial charge in [-0.2, -0.15) is 13.1 Å². The zero-order valence-corrected chi connectivity index (χ0v) is 25.6. The van der Waals surface area contributed by atoms with E-state index < -0.39 is 36.1 Å².